The lowest BCUT2D eigenvalue weighted by Gasteiger charge is -2.23. The molecule has 0 atom stereocenters. The summed E-state index contributed by atoms with van der Waals surface area (Å²) >= 11 is 0. The quantitative estimate of drug-likeness (QED) is 0.742. The number of carbonyl (C=O) groups excluding carboxylic acids is 1. The number of nitrogens with one attached hydrogen (secondary N) is 1. The molecule has 7 nitrogen and oxygen atoms in total. The first kappa shape index (κ1) is 20.5. The molecule has 146 valence electrons. The maximum atomic E-state index is 12.8. The third kappa shape index (κ3) is 4.87. The van der Waals surface area contributed by atoms with E-state index in [1.807, 2.05) is 38.1 Å². The molecule has 7 heteroatoms. The van der Waals surface area contributed by atoms with E-state index in [4.69, 9.17) is 5.73 Å². The van der Waals surface area contributed by atoms with Crippen molar-refractivity contribution in [1.29, 1.82) is 0 Å². The van der Waals surface area contributed by atoms with E-state index < -0.39 is 11.2 Å². The largest absolute Gasteiger partial charge is 0.383 e. The fraction of sp³-hybridized carbons (Fsp3) is 0.450. The van der Waals surface area contributed by atoms with Crippen LogP contribution in [0, 0.1) is 6.92 Å². The highest BCUT2D eigenvalue weighted by molar-refractivity contribution is 5.95. The van der Waals surface area contributed by atoms with Crippen molar-refractivity contribution < 1.29 is 4.79 Å². The Bertz CT molecular complexity index is 897. The lowest BCUT2D eigenvalue weighted by atomic mass is 10.1. The molecule has 1 aromatic carbocycles. The second-order valence-electron chi connectivity index (χ2n) is 6.62. The predicted molar refractivity (Wildman–Crippen MR) is 108 cm³/mol. The van der Waals surface area contributed by atoms with Crippen molar-refractivity contribution in [2.45, 2.75) is 53.0 Å². The molecule has 0 bridgehead atoms. The number of hydrogen-bond acceptors (Lipinski definition) is 4. The smallest absolute Gasteiger partial charge is 0.330 e. The molecule has 0 radical (unpaired) electrons. The van der Waals surface area contributed by atoms with Crippen LogP contribution in [-0.4, -0.2) is 22.0 Å². The van der Waals surface area contributed by atoms with E-state index in [2.05, 4.69) is 4.98 Å². The summed E-state index contributed by atoms with van der Waals surface area (Å²) < 4.78 is 1.33. The number of aromatic nitrogens is 2. The molecule has 0 aliphatic heterocycles. The predicted octanol–water partition coefficient (Wildman–Crippen LogP) is 2.21. The van der Waals surface area contributed by atoms with Crippen LogP contribution in [0.4, 0.5) is 11.5 Å². The molecule has 0 saturated carbocycles. The zero-order chi connectivity index (χ0) is 20.0. The average molecular weight is 372 g/mol. The number of H-pyrrole nitrogens is 1. The number of benzene rings is 1. The monoisotopic (exact) mass is 372 g/mol. The molecule has 1 amide bonds. The van der Waals surface area contributed by atoms with Crippen molar-refractivity contribution in [3.8, 4) is 0 Å². The Balaban J connectivity index is 2.27. The van der Waals surface area contributed by atoms with Crippen molar-refractivity contribution >= 4 is 17.4 Å². The van der Waals surface area contributed by atoms with Crippen molar-refractivity contribution in [3.05, 3.63) is 56.2 Å². The molecule has 1 aromatic heterocycles. The molecule has 0 aliphatic carbocycles. The number of aromatic amines is 1. The molecular weight excluding hydrogens is 344 g/mol. The van der Waals surface area contributed by atoms with E-state index in [-0.39, 0.29) is 23.8 Å². The van der Waals surface area contributed by atoms with Crippen LogP contribution in [0.1, 0.15) is 44.2 Å². The molecule has 2 rings (SSSR count). The summed E-state index contributed by atoms with van der Waals surface area (Å²) in [7, 11) is 0. The average Bonchev–Trinajstić information content (AvgIpc) is 2.64. The van der Waals surface area contributed by atoms with Gasteiger partial charge in [0, 0.05) is 19.5 Å². The molecule has 3 N–H and O–H groups in total. The SMILES string of the molecule is CCCCn1c(N)c(N(CC)C(=O)CCc2ccc(C)cc2)c(=O)[nH]c1=O. The van der Waals surface area contributed by atoms with Gasteiger partial charge in [-0.15, -0.1) is 0 Å². The van der Waals surface area contributed by atoms with Crippen LogP contribution in [0.2, 0.25) is 0 Å². The van der Waals surface area contributed by atoms with Crippen LogP contribution < -0.4 is 21.9 Å². The Labute approximate surface area is 158 Å². The van der Waals surface area contributed by atoms with Gasteiger partial charge in [-0.05, 0) is 32.3 Å². The van der Waals surface area contributed by atoms with Crippen molar-refractivity contribution in [1.82, 2.24) is 9.55 Å². The van der Waals surface area contributed by atoms with Crippen molar-refractivity contribution in [2.24, 2.45) is 0 Å². The van der Waals surface area contributed by atoms with Gasteiger partial charge in [-0.2, -0.15) is 0 Å². The second-order valence-corrected chi connectivity index (χ2v) is 6.62. The minimum atomic E-state index is -0.629. The lowest BCUT2D eigenvalue weighted by molar-refractivity contribution is -0.118. The normalized spacial score (nSPS) is 10.8. The minimum Gasteiger partial charge on any atom is -0.383 e. The lowest BCUT2D eigenvalue weighted by Crippen LogP contribution is -2.41. The van der Waals surface area contributed by atoms with E-state index in [1.165, 1.54) is 9.47 Å². The Kier molecular flexibility index (Phi) is 6.98. The van der Waals surface area contributed by atoms with Gasteiger partial charge in [0.2, 0.25) is 5.91 Å². The second kappa shape index (κ2) is 9.21. The Morgan fingerprint density at radius 2 is 1.85 bits per heavy atom. The summed E-state index contributed by atoms with van der Waals surface area (Å²) in [5, 5.41) is 0. The van der Waals surface area contributed by atoms with Gasteiger partial charge < -0.3 is 10.6 Å². The van der Waals surface area contributed by atoms with Gasteiger partial charge in [-0.25, -0.2) is 4.79 Å². The van der Waals surface area contributed by atoms with Crippen LogP contribution in [0.15, 0.2) is 33.9 Å². The van der Waals surface area contributed by atoms with Gasteiger partial charge in [-0.3, -0.25) is 19.1 Å². The van der Waals surface area contributed by atoms with E-state index >= 15 is 0 Å². The van der Waals surface area contributed by atoms with Crippen molar-refractivity contribution in [3.63, 3.8) is 0 Å². The molecule has 0 saturated heterocycles. The van der Waals surface area contributed by atoms with Gasteiger partial charge in [0.25, 0.3) is 5.56 Å². The zero-order valence-corrected chi connectivity index (χ0v) is 16.2. The van der Waals surface area contributed by atoms with Crippen LogP contribution >= 0.6 is 0 Å². The van der Waals surface area contributed by atoms with Gasteiger partial charge in [0.15, 0.2) is 5.69 Å². The fourth-order valence-corrected chi connectivity index (χ4v) is 2.98. The number of hydrogen-bond donors (Lipinski definition) is 2. The molecular formula is C20H28N4O3. The highest BCUT2D eigenvalue weighted by atomic mass is 16.2. The maximum Gasteiger partial charge on any atom is 0.330 e. The van der Waals surface area contributed by atoms with Crippen LogP contribution in [-0.2, 0) is 17.8 Å². The fourth-order valence-electron chi connectivity index (χ4n) is 2.98. The maximum absolute atomic E-state index is 12.8. The summed E-state index contributed by atoms with van der Waals surface area (Å²) in [6.07, 6.45) is 2.46. The van der Waals surface area contributed by atoms with E-state index in [9.17, 15) is 14.4 Å². The number of unbranched alkanes of at least 4 members (excludes halogenated alkanes) is 1. The summed E-state index contributed by atoms with van der Waals surface area (Å²) in [5.74, 6) is -0.154. The van der Waals surface area contributed by atoms with Gasteiger partial charge in [-0.1, -0.05) is 43.2 Å². The van der Waals surface area contributed by atoms with Gasteiger partial charge in [0.1, 0.15) is 5.82 Å². The summed E-state index contributed by atoms with van der Waals surface area (Å²) in [5.41, 5.74) is 7.21. The first-order valence-corrected chi connectivity index (χ1v) is 9.37. The highest BCUT2D eigenvalue weighted by Crippen LogP contribution is 2.18. The number of amides is 1. The van der Waals surface area contributed by atoms with Crippen molar-refractivity contribution in [2.75, 3.05) is 17.2 Å². The summed E-state index contributed by atoms with van der Waals surface area (Å²) in [4.78, 5) is 40.8. The van der Waals surface area contributed by atoms with E-state index in [1.54, 1.807) is 6.92 Å². The molecule has 0 spiro atoms. The first-order chi connectivity index (χ1) is 12.9. The number of rotatable bonds is 8. The minimum absolute atomic E-state index is 0.0442. The zero-order valence-electron chi connectivity index (χ0n) is 16.2. The number of nitrogens with two attached hydrogens (primary N) is 1. The third-order valence-corrected chi connectivity index (χ3v) is 4.58. The molecule has 0 aliphatic rings. The number of anilines is 2. The molecule has 2 aromatic rings. The van der Waals surface area contributed by atoms with Gasteiger partial charge >= 0.3 is 5.69 Å². The molecule has 27 heavy (non-hydrogen) atoms. The molecule has 0 fully saturated rings. The standard InChI is InChI=1S/C20H28N4O3/c1-4-6-13-24-18(21)17(19(26)22-20(24)27)23(5-2)16(25)12-11-15-9-7-14(3)8-10-15/h7-10H,4-6,11-13,21H2,1-3H3,(H,22,26,27). The molecule has 0 unspecified atom stereocenters. The number of aryl methyl sites for hydroxylation is 2. The first-order valence-electron chi connectivity index (χ1n) is 9.37. The van der Waals surface area contributed by atoms with Crippen LogP contribution in [0.5, 0.6) is 0 Å². The third-order valence-electron chi connectivity index (χ3n) is 4.58. The summed E-state index contributed by atoms with van der Waals surface area (Å²) in [6.45, 7) is 6.49. The summed E-state index contributed by atoms with van der Waals surface area (Å²) in [6, 6.07) is 7.99. The molecule has 1 heterocycles. The van der Waals surface area contributed by atoms with E-state index in [0.717, 1.165) is 24.0 Å². The van der Waals surface area contributed by atoms with Gasteiger partial charge in [0.05, 0.1) is 0 Å². The Morgan fingerprint density at radius 1 is 1.19 bits per heavy atom. The number of nitrogens with zero attached hydrogens (tertiary/aromatic N) is 2. The van der Waals surface area contributed by atoms with Crippen LogP contribution in [0.25, 0.3) is 0 Å². The number of nitrogen functional groups attached to an aromatic ring is 1. The highest BCUT2D eigenvalue weighted by Gasteiger charge is 2.22. The topological polar surface area (TPSA) is 101 Å². The Hall–Kier alpha value is -2.83. The van der Waals surface area contributed by atoms with Crippen LogP contribution in [0.3, 0.4) is 0 Å². The van der Waals surface area contributed by atoms with E-state index in [0.29, 0.717) is 19.5 Å². The Morgan fingerprint density at radius 3 is 2.44 bits per heavy atom. The number of carbonyl (C=O) groups is 1.